The van der Waals surface area contributed by atoms with E-state index in [2.05, 4.69) is 12.3 Å². The molecule has 1 aromatic carbocycles. The number of halogens is 1. The molecule has 0 radical (unpaired) electrons. The summed E-state index contributed by atoms with van der Waals surface area (Å²) in [6.07, 6.45) is 2.20. The molecule has 18 heavy (non-hydrogen) atoms. The number of nitrogens with one attached hydrogen (secondary N) is 1. The van der Waals surface area contributed by atoms with Gasteiger partial charge < -0.3 is 4.74 Å². The molecule has 2 rings (SSSR count). The first-order chi connectivity index (χ1) is 8.67. The van der Waals surface area contributed by atoms with Crippen LogP contribution in [0.2, 0.25) is 0 Å². The Kier molecular flexibility index (Phi) is 4.32. The zero-order valence-electron chi connectivity index (χ0n) is 10.9. The van der Waals surface area contributed by atoms with Crippen molar-refractivity contribution < 1.29 is 9.13 Å². The van der Waals surface area contributed by atoms with Crippen LogP contribution < -0.4 is 11.3 Å². The normalized spacial score (nSPS) is 25.3. The number of aryl methyl sites for hydroxylation is 1. The largest absolute Gasteiger partial charge is 0.378 e. The third-order valence-corrected chi connectivity index (χ3v) is 3.84. The fourth-order valence-corrected chi connectivity index (χ4v) is 2.90. The van der Waals surface area contributed by atoms with E-state index < -0.39 is 0 Å². The summed E-state index contributed by atoms with van der Waals surface area (Å²) >= 11 is 0. The van der Waals surface area contributed by atoms with Crippen molar-refractivity contribution in [1.29, 1.82) is 0 Å². The summed E-state index contributed by atoms with van der Waals surface area (Å²) < 4.78 is 18.9. The lowest BCUT2D eigenvalue weighted by Crippen LogP contribution is -2.37. The summed E-state index contributed by atoms with van der Waals surface area (Å²) in [5.41, 5.74) is 4.88. The fraction of sp³-hybridized carbons (Fsp3) is 0.571. The molecule has 3 nitrogen and oxygen atoms in total. The second kappa shape index (κ2) is 5.78. The van der Waals surface area contributed by atoms with Crippen LogP contribution in [0.1, 0.15) is 36.9 Å². The van der Waals surface area contributed by atoms with Gasteiger partial charge in [0.25, 0.3) is 0 Å². The first-order valence-corrected chi connectivity index (χ1v) is 6.51. The average Bonchev–Trinajstić information content (AvgIpc) is 2.81. The summed E-state index contributed by atoms with van der Waals surface area (Å²) in [4.78, 5) is 0. The van der Waals surface area contributed by atoms with Crippen molar-refractivity contribution in [2.24, 2.45) is 11.8 Å². The van der Waals surface area contributed by atoms with Crippen molar-refractivity contribution in [3.63, 3.8) is 0 Å². The van der Waals surface area contributed by atoms with Crippen LogP contribution in [0.4, 0.5) is 4.39 Å². The van der Waals surface area contributed by atoms with Gasteiger partial charge in [-0.05, 0) is 43.0 Å². The average molecular weight is 252 g/mol. The molecule has 0 amide bonds. The quantitative estimate of drug-likeness (QED) is 0.639. The van der Waals surface area contributed by atoms with Crippen molar-refractivity contribution in [3.8, 4) is 0 Å². The molecule has 0 saturated carbocycles. The van der Waals surface area contributed by atoms with E-state index in [-0.39, 0.29) is 18.0 Å². The minimum Gasteiger partial charge on any atom is -0.378 e. The molecular weight excluding hydrogens is 231 g/mol. The lowest BCUT2D eigenvalue weighted by molar-refractivity contribution is 0.0773. The zero-order valence-corrected chi connectivity index (χ0v) is 10.9. The third kappa shape index (κ3) is 2.55. The smallest absolute Gasteiger partial charge is 0.123 e. The molecule has 0 spiro atoms. The molecule has 0 bridgehead atoms. The molecule has 1 aliphatic rings. The number of rotatable bonds is 4. The van der Waals surface area contributed by atoms with Crippen molar-refractivity contribution in [2.45, 2.75) is 38.8 Å². The highest BCUT2D eigenvalue weighted by molar-refractivity contribution is 5.30. The Bertz CT molecular complexity index is 411. The van der Waals surface area contributed by atoms with Crippen LogP contribution in [0.25, 0.3) is 0 Å². The Labute approximate surface area is 107 Å². The molecule has 3 atom stereocenters. The number of hydrazine groups is 1. The fourth-order valence-electron chi connectivity index (χ4n) is 2.90. The number of nitrogens with two attached hydrogens (primary N) is 1. The minimum absolute atomic E-state index is 0.0260. The summed E-state index contributed by atoms with van der Waals surface area (Å²) in [5, 5.41) is 0. The molecule has 100 valence electrons. The van der Waals surface area contributed by atoms with Gasteiger partial charge in [-0.25, -0.2) is 4.39 Å². The highest BCUT2D eigenvalue weighted by Gasteiger charge is 2.34. The second-order valence-corrected chi connectivity index (χ2v) is 4.92. The number of hydrogen-bond donors (Lipinski definition) is 2. The van der Waals surface area contributed by atoms with Gasteiger partial charge in [0, 0.05) is 12.5 Å². The molecule has 1 aliphatic heterocycles. The van der Waals surface area contributed by atoms with E-state index in [0.29, 0.717) is 5.92 Å². The van der Waals surface area contributed by atoms with Gasteiger partial charge in [-0.2, -0.15) is 0 Å². The predicted octanol–water partition coefficient (Wildman–Crippen LogP) is 2.45. The number of benzene rings is 1. The van der Waals surface area contributed by atoms with Gasteiger partial charge in [0.05, 0.1) is 12.1 Å². The van der Waals surface area contributed by atoms with Crippen LogP contribution in [0.3, 0.4) is 0 Å². The van der Waals surface area contributed by atoms with Crippen molar-refractivity contribution in [1.82, 2.24) is 5.43 Å². The molecule has 1 aromatic rings. The highest BCUT2D eigenvalue weighted by atomic mass is 19.1. The molecule has 0 aromatic heterocycles. The Morgan fingerprint density at radius 2 is 2.33 bits per heavy atom. The number of hydrogen-bond acceptors (Lipinski definition) is 3. The van der Waals surface area contributed by atoms with E-state index in [1.165, 1.54) is 6.07 Å². The van der Waals surface area contributed by atoms with Crippen LogP contribution >= 0.6 is 0 Å². The lowest BCUT2D eigenvalue weighted by Gasteiger charge is -2.28. The van der Waals surface area contributed by atoms with Crippen LogP contribution in [0.5, 0.6) is 0 Å². The van der Waals surface area contributed by atoms with E-state index in [1.807, 2.05) is 13.0 Å². The van der Waals surface area contributed by atoms with Gasteiger partial charge in [0.1, 0.15) is 5.82 Å². The Morgan fingerprint density at radius 3 is 2.94 bits per heavy atom. The van der Waals surface area contributed by atoms with E-state index in [4.69, 9.17) is 10.6 Å². The number of ether oxygens (including phenoxy) is 1. The second-order valence-electron chi connectivity index (χ2n) is 4.92. The molecule has 3 unspecified atom stereocenters. The van der Waals surface area contributed by atoms with Crippen molar-refractivity contribution >= 4 is 0 Å². The molecule has 1 fully saturated rings. The van der Waals surface area contributed by atoms with Gasteiger partial charge in [0.2, 0.25) is 0 Å². The lowest BCUT2D eigenvalue weighted by atomic mass is 9.85. The summed E-state index contributed by atoms with van der Waals surface area (Å²) in [7, 11) is 0. The van der Waals surface area contributed by atoms with Gasteiger partial charge in [-0.1, -0.05) is 13.0 Å². The van der Waals surface area contributed by atoms with Crippen LogP contribution in [-0.4, -0.2) is 12.7 Å². The molecule has 4 heteroatoms. The van der Waals surface area contributed by atoms with Crippen LogP contribution in [0.15, 0.2) is 18.2 Å². The topological polar surface area (TPSA) is 47.3 Å². The highest BCUT2D eigenvalue weighted by Crippen LogP contribution is 2.35. The summed E-state index contributed by atoms with van der Waals surface area (Å²) in [5.74, 6) is 5.85. The van der Waals surface area contributed by atoms with E-state index >= 15 is 0 Å². The van der Waals surface area contributed by atoms with Crippen molar-refractivity contribution in [3.05, 3.63) is 35.1 Å². The summed E-state index contributed by atoms with van der Waals surface area (Å²) in [6, 6.07) is 4.89. The Morgan fingerprint density at radius 1 is 1.56 bits per heavy atom. The Balaban J connectivity index is 2.27. The molecule has 1 saturated heterocycles. The van der Waals surface area contributed by atoms with E-state index in [0.717, 1.165) is 30.6 Å². The predicted molar refractivity (Wildman–Crippen MR) is 69.3 cm³/mol. The van der Waals surface area contributed by atoms with Gasteiger partial charge >= 0.3 is 0 Å². The zero-order chi connectivity index (χ0) is 13.1. The molecule has 1 heterocycles. The van der Waals surface area contributed by atoms with E-state index in [1.54, 1.807) is 6.07 Å². The maximum atomic E-state index is 13.2. The Hall–Kier alpha value is -0.970. The van der Waals surface area contributed by atoms with Gasteiger partial charge in [-0.15, -0.1) is 0 Å². The first kappa shape index (κ1) is 13.5. The standard InChI is InChI=1S/C14H21FN2O/c1-3-13-12(6-7-18-13)14(17-16)11-5-4-10(15)8-9(11)2/h4-5,8,12-14,17H,3,6-7,16H2,1-2H3. The third-order valence-electron chi connectivity index (χ3n) is 3.84. The maximum Gasteiger partial charge on any atom is 0.123 e. The molecule has 0 aliphatic carbocycles. The molecular formula is C14H21FN2O. The monoisotopic (exact) mass is 252 g/mol. The molecule has 3 N–H and O–H groups in total. The minimum atomic E-state index is -0.207. The van der Waals surface area contributed by atoms with Crippen molar-refractivity contribution in [2.75, 3.05) is 6.61 Å². The van der Waals surface area contributed by atoms with Crippen LogP contribution in [0, 0.1) is 18.7 Å². The summed E-state index contributed by atoms with van der Waals surface area (Å²) in [6.45, 7) is 4.81. The van der Waals surface area contributed by atoms with Gasteiger partial charge in [-0.3, -0.25) is 11.3 Å². The maximum absolute atomic E-state index is 13.2. The van der Waals surface area contributed by atoms with Gasteiger partial charge in [0.15, 0.2) is 0 Å². The SMILES string of the molecule is CCC1OCCC1C(NN)c1ccc(F)cc1C. The van der Waals surface area contributed by atoms with E-state index in [9.17, 15) is 4.39 Å². The van der Waals surface area contributed by atoms with Crippen LogP contribution in [-0.2, 0) is 4.74 Å². The first-order valence-electron chi connectivity index (χ1n) is 6.51.